The number of aromatic nitrogens is 3. The van der Waals surface area contributed by atoms with Crippen molar-refractivity contribution in [2.24, 2.45) is 4.99 Å². The predicted octanol–water partition coefficient (Wildman–Crippen LogP) is 4.14. The molecule has 0 saturated carbocycles. The number of H-pyrrole nitrogens is 1. The maximum atomic E-state index is 10.1. The van der Waals surface area contributed by atoms with E-state index in [1.165, 1.54) is 0 Å². The Morgan fingerprint density at radius 2 is 2.04 bits per heavy atom. The summed E-state index contributed by atoms with van der Waals surface area (Å²) < 4.78 is 1.04. The highest BCUT2D eigenvalue weighted by atomic mass is 79.9. The van der Waals surface area contributed by atoms with Crippen LogP contribution in [0, 0.1) is 0 Å². The van der Waals surface area contributed by atoms with E-state index in [1.54, 1.807) is 12.4 Å². The molecular weight excluding hydrogens is 382 g/mol. The van der Waals surface area contributed by atoms with Gasteiger partial charge < -0.3 is 15.4 Å². The van der Waals surface area contributed by atoms with Crippen molar-refractivity contribution in [3.05, 3.63) is 63.9 Å². The Hall–Kier alpha value is -2.93. The first-order valence-electron chi connectivity index (χ1n) is 7.67. The summed E-state index contributed by atoms with van der Waals surface area (Å²) in [4.78, 5) is 15.7. The second-order valence-electron chi connectivity index (χ2n) is 5.54. The van der Waals surface area contributed by atoms with Gasteiger partial charge >= 0.3 is 0 Å². The van der Waals surface area contributed by atoms with Crippen LogP contribution in [0.15, 0.2) is 52.1 Å². The standard InChI is InChI=1S/C18H14BrN5O/c19-13-5-3-11(4-6-13)9-22-18-23-15(17(25)24-18)8-12-10-21-16-14(12)2-1-7-20-16/h1-8,10,25H,9H2,(H2,22,23,24)/b12-8-. The van der Waals surface area contributed by atoms with E-state index in [0.29, 0.717) is 24.0 Å². The van der Waals surface area contributed by atoms with Crippen molar-refractivity contribution in [3.63, 3.8) is 0 Å². The van der Waals surface area contributed by atoms with Gasteiger partial charge in [-0.25, -0.2) is 9.98 Å². The van der Waals surface area contributed by atoms with Crippen LogP contribution in [0.1, 0.15) is 16.8 Å². The number of aliphatic imine (C=N–C) groups is 1. The van der Waals surface area contributed by atoms with Crippen molar-refractivity contribution in [1.82, 2.24) is 15.0 Å². The van der Waals surface area contributed by atoms with Crippen LogP contribution in [0.3, 0.4) is 0 Å². The van der Waals surface area contributed by atoms with E-state index in [0.717, 1.165) is 21.2 Å². The number of benzene rings is 1. The zero-order chi connectivity index (χ0) is 17.2. The average Bonchev–Trinajstić information content (AvgIpc) is 3.19. The first-order chi connectivity index (χ1) is 12.2. The van der Waals surface area contributed by atoms with E-state index in [-0.39, 0.29) is 5.88 Å². The number of rotatable bonds is 4. The molecule has 1 aliphatic heterocycles. The van der Waals surface area contributed by atoms with Gasteiger partial charge in [0, 0.05) is 34.6 Å². The van der Waals surface area contributed by atoms with Gasteiger partial charge in [-0.15, -0.1) is 0 Å². The number of halogens is 1. The summed E-state index contributed by atoms with van der Waals surface area (Å²) in [7, 11) is 0. The van der Waals surface area contributed by atoms with Gasteiger partial charge in [0.2, 0.25) is 11.8 Å². The van der Waals surface area contributed by atoms with E-state index < -0.39 is 0 Å². The van der Waals surface area contributed by atoms with E-state index >= 15 is 0 Å². The van der Waals surface area contributed by atoms with Crippen LogP contribution in [-0.2, 0) is 6.54 Å². The van der Waals surface area contributed by atoms with Crippen molar-refractivity contribution in [2.75, 3.05) is 5.32 Å². The molecule has 0 bridgehead atoms. The van der Waals surface area contributed by atoms with Crippen LogP contribution < -0.4 is 5.32 Å². The van der Waals surface area contributed by atoms with Crippen LogP contribution in [0.5, 0.6) is 5.88 Å². The quantitative estimate of drug-likeness (QED) is 0.619. The SMILES string of the molecule is Oc1nc(NCc2ccc(Br)cc2)[nH]c1/C=C1/C=Nc2ncccc21. The largest absolute Gasteiger partial charge is 0.492 e. The van der Waals surface area contributed by atoms with Gasteiger partial charge in [0.1, 0.15) is 5.69 Å². The highest BCUT2D eigenvalue weighted by molar-refractivity contribution is 9.10. The third kappa shape index (κ3) is 3.32. The number of nitrogens with one attached hydrogen (secondary N) is 2. The van der Waals surface area contributed by atoms with Crippen LogP contribution in [-0.4, -0.2) is 26.3 Å². The van der Waals surface area contributed by atoms with Gasteiger partial charge in [0.15, 0.2) is 5.82 Å². The Balaban J connectivity index is 1.52. The Kier molecular flexibility index (Phi) is 4.07. The van der Waals surface area contributed by atoms with Crippen molar-refractivity contribution < 1.29 is 5.11 Å². The van der Waals surface area contributed by atoms with Gasteiger partial charge in [0.25, 0.3) is 0 Å². The number of aromatic amines is 1. The number of allylic oxidation sites excluding steroid dienone is 1. The number of imidazole rings is 1. The number of aromatic hydroxyl groups is 1. The molecule has 3 heterocycles. The summed E-state index contributed by atoms with van der Waals surface area (Å²) in [5.74, 6) is 1.13. The van der Waals surface area contributed by atoms with Gasteiger partial charge in [0.05, 0.1) is 0 Å². The maximum Gasteiger partial charge on any atom is 0.238 e. The van der Waals surface area contributed by atoms with E-state index in [9.17, 15) is 5.11 Å². The fourth-order valence-electron chi connectivity index (χ4n) is 2.55. The normalized spacial score (nSPS) is 14.0. The second kappa shape index (κ2) is 6.52. The lowest BCUT2D eigenvalue weighted by Crippen LogP contribution is -2.00. The Labute approximate surface area is 152 Å². The molecule has 124 valence electrons. The molecule has 0 atom stereocenters. The van der Waals surface area contributed by atoms with E-state index in [1.807, 2.05) is 42.5 Å². The fraction of sp³-hybridized carbons (Fsp3) is 0.0556. The number of fused-ring (bicyclic) bond motifs is 1. The monoisotopic (exact) mass is 395 g/mol. The molecule has 0 saturated heterocycles. The number of nitrogens with zero attached hydrogens (tertiary/aromatic N) is 3. The molecule has 25 heavy (non-hydrogen) atoms. The van der Waals surface area contributed by atoms with Gasteiger partial charge in [-0.1, -0.05) is 28.1 Å². The lowest BCUT2D eigenvalue weighted by Gasteiger charge is -2.02. The molecule has 3 aromatic rings. The first kappa shape index (κ1) is 15.6. The molecule has 0 aliphatic carbocycles. The number of anilines is 1. The summed E-state index contributed by atoms with van der Waals surface area (Å²) in [5.41, 5.74) is 3.45. The minimum atomic E-state index is -0.0588. The topological polar surface area (TPSA) is 86.2 Å². The lowest BCUT2D eigenvalue weighted by molar-refractivity contribution is 0.455. The zero-order valence-electron chi connectivity index (χ0n) is 13.1. The van der Waals surface area contributed by atoms with E-state index in [4.69, 9.17) is 0 Å². The molecule has 2 aromatic heterocycles. The molecule has 6 nitrogen and oxygen atoms in total. The van der Waals surface area contributed by atoms with Crippen LogP contribution in [0.4, 0.5) is 11.8 Å². The highest BCUT2D eigenvalue weighted by Gasteiger charge is 2.14. The van der Waals surface area contributed by atoms with Gasteiger partial charge in [-0.05, 0) is 35.9 Å². The predicted molar refractivity (Wildman–Crippen MR) is 102 cm³/mol. The van der Waals surface area contributed by atoms with Crippen LogP contribution >= 0.6 is 15.9 Å². The molecule has 1 aromatic carbocycles. The van der Waals surface area contributed by atoms with Crippen molar-refractivity contribution in [1.29, 1.82) is 0 Å². The smallest absolute Gasteiger partial charge is 0.238 e. The van der Waals surface area contributed by atoms with Crippen LogP contribution in [0.2, 0.25) is 0 Å². The summed E-state index contributed by atoms with van der Waals surface area (Å²) in [6.07, 6.45) is 5.24. The third-order valence-corrected chi connectivity index (χ3v) is 4.34. The molecule has 0 spiro atoms. The molecule has 0 amide bonds. The molecule has 1 aliphatic rings. The molecule has 0 unspecified atom stereocenters. The van der Waals surface area contributed by atoms with Crippen LogP contribution in [0.25, 0.3) is 11.6 Å². The van der Waals surface area contributed by atoms with Crippen molar-refractivity contribution in [3.8, 4) is 5.88 Å². The molecule has 3 N–H and O–H groups in total. The number of pyridine rings is 1. The third-order valence-electron chi connectivity index (χ3n) is 3.81. The molecule has 0 radical (unpaired) electrons. The van der Waals surface area contributed by atoms with Gasteiger partial charge in [-0.3, -0.25) is 0 Å². The zero-order valence-corrected chi connectivity index (χ0v) is 14.7. The fourth-order valence-corrected chi connectivity index (χ4v) is 2.81. The lowest BCUT2D eigenvalue weighted by atomic mass is 10.1. The number of hydrogen-bond acceptors (Lipinski definition) is 5. The Morgan fingerprint density at radius 1 is 1.20 bits per heavy atom. The van der Waals surface area contributed by atoms with Crippen molar-refractivity contribution in [2.45, 2.75) is 6.54 Å². The molecule has 4 rings (SSSR count). The molecule has 7 heteroatoms. The second-order valence-corrected chi connectivity index (χ2v) is 6.45. The Bertz CT molecular complexity index is 975. The summed E-state index contributed by atoms with van der Waals surface area (Å²) in [6, 6.07) is 11.8. The average molecular weight is 396 g/mol. The summed E-state index contributed by atoms with van der Waals surface area (Å²) in [5, 5.41) is 13.2. The minimum Gasteiger partial charge on any atom is -0.492 e. The van der Waals surface area contributed by atoms with Gasteiger partial charge in [-0.2, -0.15) is 4.98 Å². The maximum absolute atomic E-state index is 10.1. The number of hydrogen-bond donors (Lipinski definition) is 3. The van der Waals surface area contributed by atoms with Crippen molar-refractivity contribution >= 4 is 45.6 Å². The first-order valence-corrected chi connectivity index (χ1v) is 8.47. The molecule has 0 fully saturated rings. The summed E-state index contributed by atoms with van der Waals surface area (Å²) in [6.45, 7) is 0.602. The molecular formula is C18H14BrN5O. The highest BCUT2D eigenvalue weighted by Crippen LogP contribution is 2.31. The summed E-state index contributed by atoms with van der Waals surface area (Å²) >= 11 is 3.41. The minimum absolute atomic E-state index is 0.0588. The Morgan fingerprint density at radius 3 is 2.88 bits per heavy atom. The van der Waals surface area contributed by atoms with E-state index in [2.05, 4.69) is 41.2 Å².